The molecule has 59 heavy (non-hydrogen) atoms. The number of carbonyl (C=O) groups excluding carboxylic acids is 2. The number of Topliss-reactive ketones (excluding diaryl/α,β-unsaturated/α-hetero) is 1. The van der Waals surface area contributed by atoms with E-state index in [4.69, 9.17) is 5.26 Å². The SMILES string of the molecule is CC(=O)c1cc(C2CC2)cnc1N(C(=O)C(F)(F)F)c1ccc2[nH]ccc2c1.N#Cc1cccc(Cn2ccc3cc(Cc4ncc(C5CC5)cc4C(=O)O)ccc32)c1. The topological polar surface area (TPSA) is 145 Å². The van der Waals surface area contributed by atoms with Crippen LogP contribution in [0.3, 0.4) is 0 Å². The van der Waals surface area contributed by atoms with Gasteiger partial charge in [-0.25, -0.2) is 9.78 Å². The molecule has 0 aliphatic heterocycles. The summed E-state index contributed by atoms with van der Waals surface area (Å²) in [5.74, 6) is -3.04. The van der Waals surface area contributed by atoms with Crippen LogP contribution in [-0.4, -0.2) is 48.5 Å². The maximum atomic E-state index is 13.4. The number of halogens is 3. The predicted molar refractivity (Wildman–Crippen MR) is 216 cm³/mol. The molecule has 0 bridgehead atoms. The van der Waals surface area contributed by atoms with Crippen molar-refractivity contribution >= 4 is 51.0 Å². The average molecular weight is 795 g/mol. The fourth-order valence-electron chi connectivity index (χ4n) is 7.30. The van der Waals surface area contributed by atoms with Crippen LogP contribution in [0, 0.1) is 11.3 Å². The van der Waals surface area contributed by atoms with Gasteiger partial charge in [-0.2, -0.15) is 18.4 Å². The van der Waals surface area contributed by atoms with Crippen LogP contribution in [0.1, 0.15) is 98.7 Å². The molecule has 2 fully saturated rings. The number of carboxylic acids is 1. The molecule has 4 aromatic heterocycles. The molecule has 2 aliphatic carbocycles. The van der Waals surface area contributed by atoms with Crippen LogP contribution in [0.4, 0.5) is 24.7 Å². The van der Waals surface area contributed by atoms with Crippen molar-refractivity contribution in [3.63, 3.8) is 0 Å². The third-order valence-corrected chi connectivity index (χ3v) is 10.7. The van der Waals surface area contributed by atoms with Crippen LogP contribution in [0.5, 0.6) is 0 Å². The lowest BCUT2D eigenvalue weighted by molar-refractivity contribution is -0.169. The van der Waals surface area contributed by atoms with E-state index in [1.165, 1.54) is 25.3 Å². The lowest BCUT2D eigenvalue weighted by atomic mass is 10.0. The molecule has 0 saturated heterocycles. The van der Waals surface area contributed by atoms with Crippen LogP contribution in [-0.2, 0) is 17.8 Å². The van der Waals surface area contributed by atoms with E-state index >= 15 is 0 Å². The fraction of sp³-hybridized carbons (Fsp3) is 0.217. The highest BCUT2D eigenvalue weighted by Gasteiger charge is 2.45. The van der Waals surface area contributed by atoms with Gasteiger partial charge in [0, 0.05) is 54.2 Å². The van der Waals surface area contributed by atoms with Gasteiger partial charge in [0.15, 0.2) is 11.6 Å². The number of carbonyl (C=O) groups is 3. The molecule has 0 atom stereocenters. The maximum Gasteiger partial charge on any atom is 0.472 e. The van der Waals surface area contributed by atoms with Crippen molar-refractivity contribution in [3.05, 3.63) is 154 Å². The smallest absolute Gasteiger partial charge is 0.472 e. The summed E-state index contributed by atoms with van der Waals surface area (Å²) in [6.45, 7) is 1.94. The van der Waals surface area contributed by atoms with Gasteiger partial charge in [0.1, 0.15) is 0 Å². The maximum absolute atomic E-state index is 13.4. The normalized spacial score (nSPS) is 13.7. The predicted octanol–water partition coefficient (Wildman–Crippen LogP) is 9.99. The molecule has 2 aliphatic rings. The lowest BCUT2D eigenvalue weighted by Gasteiger charge is -2.25. The van der Waals surface area contributed by atoms with Gasteiger partial charge in [0.05, 0.1) is 34.1 Å². The quantitative estimate of drug-likeness (QED) is 0.131. The van der Waals surface area contributed by atoms with Gasteiger partial charge in [-0.15, -0.1) is 0 Å². The number of nitrogens with one attached hydrogen (secondary N) is 1. The Kier molecular flexibility index (Phi) is 10.3. The molecule has 4 heterocycles. The first-order valence-electron chi connectivity index (χ1n) is 19.1. The van der Waals surface area contributed by atoms with Crippen molar-refractivity contribution in [2.75, 3.05) is 4.90 Å². The fourth-order valence-corrected chi connectivity index (χ4v) is 7.30. The van der Waals surface area contributed by atoms with E-state index in [0.717, 1.165) is 58.8 Å². The average Bonchev–Trinajstić information content (AvgIpc) is 4.16. The van der Waals surface area contributed by atoms with E-state index in [-0.39, 0.29) is 23.0 Å². The number of pyridine rings is 2. The number of ketones is 1. The first-order valence-corrected chi connectivity index (χ1v) is 19.1. The number of hydrogen-bond donors (Lipinski definition) is 2. The highest BCUT2D eigenvalue weighted by molar-refractivity contribution is 6.09. The lowest BCUT2D eigenvalue weighted by Crippen LogP contribution is -2.39. The Morgan fingerprint density at radius 3 is 2.27 bits per heavy atom. The third-order valence-electron chi connectivity index (χ3n) is 10.7. The summed E-state index contributed by atoms with van der Waals surface area (Å²) in [4.78, 5) is 48.3. The molecule has 0 spiro atoms. The highest BCUT2D eigenvalue weighted by Crippen LogP contribution is 2.42. The molecule has 1 amide bonds. The highest BCUT2D eigenvalue weighted by atomic mass is 19.4. The second-order valence-corrected chi connectivity index (χ2v) is 15.0. The molecule has 2 saturated carbocycles. The summed E-state index contributed by atoms with van der Waals surface area (Å²) in [5.41, 5.74) is 7.31. The minimum atomic E-state index is -5.13. The molecule has 10 nitrogen and oxygen atoms in total. The Labute approximate surface area is 336 Å². The van der Waals surface area contributed by atoms with Gasteiger partial charge in [-0.05, 0) is 139 Å². The summed E-state index contributed by atoms with van der Waals surface area (Å²) in [6.07, 6.45) is 6.47. The van der Waals surface area contributed by atoms with Crippen molar-refractivity contribution < 1.29 is 32.7 Å². The number of aromatic carboxylic acids is 1. The zero-order valence-corrected chi connectivity index (χ0v) is 31.8. The Balaban J connectivity index is 0.000000165. The zero-order chi connectivity index (χ0) is 41.4. The molecule has 2 N–H and O–H groups in total. The van der Waals surface area contributed by atoms with Gasteiger partial charge < -0.3 is 14.7 Å². The molecule has 0 unspecified atom stereocenters. The van der Waals surface area contributed by atoms with Crippen molar-refractivity contribution in [1.82, 2.24) is 19.5 Å². The number of aromatic amines is 1. The molecule has 296 valence electrons. The van der Waals surface area contributed by atoms with Crippen LogP contribution in [0.15, 0.2) is 110 Å². The van der Waals surface area contributed by atoms with Crippen molar-refractivity contribution in [3.8, 4) is 6.07 Å². The second kappa shape index (κ2) is 15.7. The molecule has 0 radical (unpaired) electrons. The first-order chi connectivity index (χ1) is 28.4. The summed E-state index contributed by atoms with van der Waals surface area (Å²) >= 11 is 0. The van der Waals surface area contributed by atoms with Gasteiger partial charge in [0.2, 0.25) is 0 Å². The molecular weight excluding hydrogens is 758 g/mol. The first kappa shape index (κ1) is 38.8. The number of nitrogens with zero attached hydrogens (tertiary/aromatic N) is 5. The Hall–Kier alpha value is -7.07. The number of alkyl halides is 3. The summed E-state index contributed by atoms with van der Waals surface area (Å²) in [5, 5.41) is 20.5. The third kappa shape index (κ3) is 8.48. The number of benzene rings is 3. The van der Waals surface area contributed by atoms with E-state index < -0.39 is 23.8 Å². The van der Waals surface area contributed by atoms with Crippen LogP contribution < -0.4 is 4.90 Å². The Morgan fingerprint density at radius 1 is 0.864 bits per heavy atom. The monoisotopic (exact) mass is 794 g/mol. The van der Waals surface area contributed by atoms with Gasteiger partial charge in [-0.3, -0.25) is 19.5 Å². The number of H-pyrrole nitrogens is 1. The van der Waals surface area contributed by atoms with E-state index in [2.05, 4.69) is 43.8 Å². The zero-order valence-electron chi connectivity index (χ0n) is 31.8. The molecule has 7 aromatic rings. The minimum absolute atomic E-state index is 0.00355. The molecular formula is C46H37F3N6O4. The van der Waals surface area contributed by atoms with Crippen LogP contribution >= 0.6 is 0 Å². The molecule has 3 aromatic carbocycles. The number of carboxylic acid groups (broad SMARTS) is 1. The van der Waals surface area contributed by atoms with Crippen LogP contribution in [0.2, 0.25) is 0 Å². The molecule has 13 heteroatoms. The van der Waals surface area contributed by atoms with E-state index in [9.17, 15) is 32.7 Å². The Morgan fingerprint density at radius 2 is 1.59 bits per heavy atom. The van der Waals surface area contributed by atoms with Gasteiger partial charge in [0.25, 0.3) is 0 Å². The molecule has 9 rings (SSSR count). The van der Waals surface area contributed by atoms with Crippen LogP contribution in [0.25, 0.3) is 21.8 Å². The largest absolute Gasteiger partial charge is 0.478 e. The van der Waals surface area contributed by atoms with E-state index in [1.54, 1.807) is 36.5 Å². The second-order valence-electron chi connectivity index (χ2n) is 15.0. The van der Waals surface area contributed by atoms with Gasteiger partial charge >= 0.3 is 18.1 Å². The number of aromatic nitrogens is 4. The number of anilines is 2. The number of hydrogen-bond acceptors (Lipinski definition) is 6. The standard InChI is InChI=1S/C26H21N3O2.C20H16F3N3O2/c27-14-18-2-1-3-19(10-18)16-29-9-8-21-11-17(4-7-25(21)29)12-24-23(26(30)31)13-22(15-28-24)20-5-6-20;1-11(27)16-9-14(12-2-3-12)10-25-18(16)26(19(28)20(21,22)23)15-4-5-17-13(8-15)6-7-24-17/h1-4,7-11,13,15,20H,5-6,12,16H2,(H,30,31);4-10,12,24H,2-3H2,1H3. The Bertz CT molecular complexity index is 2810. The minimum Gasteiger partial charge on any atom is -0.478 e. The van der Waals surface area contributed by atoms with E-state index in [0.29, 0.717) is 51.5 Å². The summed E-state index contributed by atoms with van der Waals surface area (Å²) in [6, 6.07) is 27.5. The summed E-state index contributed by atoms with van der Waals surface area (Å²) < 4.78 is 42.2. The van der Waals surface area contributed by atoms with Crippen molar-refractivity contribution in [2.24, 2.45) is 0 Å². The van der Waals surface area contributed by atoms with Crippen molar-refractivity contribution in [1.29, 1.82) is 5.26 Å². The number of fused-ring (bicyclic) bond motifs is 2. The summed E-state index contributed by atoms with van der Waals surface area (Å²) in [7, 11) is 0. The number of rotatable bonds is 10. The number of nitriles is 1. The number of amides is 1. The van der Waals surface area contributed by atoms with Gasteiger partial charge in [-0.1, -0.05) is 18.2 Å². The van der Waals surface area contributed by atoms with E-state index in [1.807, 2.05) is 36.7 Å². The van der Waals surface area contributed by atoms with Crippen molar-refractivity contribution in [2.45, 2.75) is 63.6 Å².